The Labute approximate surface area is 498 Å². The van der Waals surface area contributed by atoms with E-state index >= 15 is 0 Å². The summed E-state index contributed by atoms with van der Waals surface area (Å²) in [7, 11) is 1.50. The minimum atomic E-state index is -4.39. The van der Waals surface area contributed by atoms with E-state index in [1.54, 1.807) is 0 Å². The number of ether oxygens (including phenoxy) is 2. The summed E-state index contributed by atoms with van der Waals surface area (Å²) in [5.74, 6) is -0.771. The van der Waals surface area contributed by atoms with Crippen LogP contribution in [-0.4, -0.2) is 74.9 Å². The first-order chi connectivity index (χ1) is 39.0. The van der Waals surface area contributed by atoms with Gasteiger partial charge >= 0.3 is 19.8 Å². The van der Waals surface area contributed by atoms with Crippen LogP contribution in [0.3, 0.4) is 0 Å². The number of unbranched alkanes of at least 4 members (excludes halogenated alkanes) is 51. The van der Waals surface area contributed by atoms with Crippen molar-refractivity contribution < 1.29 is 42.1 Å². The molecule has 0 bridgehead atoms. The minimum absolute atomic E-state index is 0.0363. The molecule has 0 aliphatic carbocycles. The van der Waals surface area contributed by atoms with Crippen molar-refractivity contribution in [3.8, 4) is 0 Å². The van der Waals surface area contributed by atoms with Gasteiger partial charge in [0.15, 0.2) is 6.10 Å². The third kappa shape index (κ3) is 65.9. The van der Waals surface area contributed by atoms with Gasteiger partial charge in [-0.3, -0.25) is 18.6 Å². The van der Waals surface area contributed by atoms with E-state index in [4.69, 9.17) is 18.5 Å². The van der Waals surface area contributed by atoms with E-state index in [0.717, 1.165) is 32.1 Å². The van der Waals surface area contributed by atoms with Crippen molar-refractivity contribution in [1.29, 1.82) is 0 Å². The highest BCUT2D eigenvalue weighted by atomic mass is 31.2. The van der Waals surface area contributed by atoms with Crippen LogP contribution in [0.5, 0.6) is 0 Å². The second kappa shape index (κ2) is 62.3. The Morgan fingerprint density at radius 3 is 0.925 bits per heavy atom. The van der Waals surface area contributed by atoms with Gasteiger partial charge in [0.05, 0.1) is 27.7 Å². The van der Waals surface area contributed by atoms with E-state index in [1.807, 2.05) is 21.1 Å². The van der Waals surface area contributed by atoms with Crippen molar-refractivity contribution in [2.45, 2.75) is 380 Å². The number of quaternary nitrogens is 1. The Morgan fingerprint density at radius 2 is 0.637 bits per heavy atom. The first-order valence-electron chi connectivity index (χ1n) is 35.4. The van der Waals surface area contributed by atoms with Crippen molar-refractivity contribution >= 4 is 19.8 Å². The van der Waals surface area contributed by atoms with E-state index in [9.17, 15) is 19.0 Å². The summed E-state index contributed by atoms with van der Waals surface area (Å²) < 4.78 is 34.7. The number of rotatable bonds is 67. The Morgan fingerprint density at radius 1 is 0.375 bits per heavy atom. The van der Waals surface area contributed by atoms with Crippen LogP contribution in [0, 0.1) is 0 Å². The van der Waals surface area contributed by atoms with E-state index in [-0.39, 0.29) is 25.6 Å². The largest absolute Gasteiger partial charge is 0.472 e. The van der Waals surface area contributed by atoms with Gasteiger partial charge in [0.25, 0.3) is 0 Å². The number of carbonyl (C=O) groups is 2. The van der Waals surface area contributed by atoms with Gasteiger partial charge in [-0.2, -0.15) is 0 Å². The monoisotopic (exact) mass is 1150 g/mol. The molecular weight excluding hydrogens is 1010 g/mol. The highest BCUT2D eigenvalue weighted by Crippen LogP contribution is 2.43. The average Bonchev–Trinajstić information content (AvgIpc) is 3.42. The van der Waals surface area contributed by atoms with Crippen LogP contribution in [0.4, 0.5) is 0 Å². The van der Waals surface area contributed by atoms with Crippen molar-refractivity contribution in [1.82, 2.24) is 0 Å². The maximum Gasteiger partial charge on any atom is 0.472 e. The third-order valence-electron chi connectivity index (χ3n) is 16.3. The predicted molar refractivity (Wildman–Crippen MR) is 345 cm³/mol. The Kier molecular flexibility index (Phi) is 61.3. The van der Waals surface area contributed by atoms with Crippen LogP contribution in [-0.2, 0) is 32.7 Å². The number of esters is 2. The van der Waals surface area contributed by atoms with Gasteiger partial charge in [-0.05, 0) is 38.5 Å². The number of nitrogens with zero attached hydrogens (tertiary/aromatic N) is 1. The molecule has 80 heavy (non-hydrogen) atoms. The number of carbonyl (C=O) groups excluding carboxylic acids is 2. The molecule has 0 saturated heterocycles. The number of phosphoric ester groups is 1. The van der Waals surface area contributed by atoms with Crippen LogP contribution >= 0.6 is 7.82 Å². The first-order valence-corrected chi connectivity index (χ1v) is 36.9. The molecule has 0 heterocycles. The summed E-state index contributed by atoms with van der Waals surface area (Å²) in [5, 5.41) is 0. The lowest BCUT2D eigenvalue weighted by Crippen LogP contribution is -2.37. The van der Waals surface area contributed by atoms with Gasteiger partial charge in [0, 0.05) is 12.8 Å². The molecule has 9 nitrogen and oxygen atoms in total. The van der Waals surface area contributed by atoms with Crippen LogP contribution in [0.2, 0.25) is 0 Å². The van der Waals surface area contributed by atoms with E-state index in [1.165, 1.54) is 308 Å². The lowest BCUT2D eigenvalue weighted by Gasteiger charge is -2.24. The molecular formula is C70H139NO8P+. The Hall–Kier alpha value is -1.25. The molecule has 0 rings (SSSR count). The number of hydrogen-bond donors (Lipinski definition) is 1. The highest BCUT2D eigenvalue weighted by Gasteiger charge is 2.27. The summed E-state index contributed by atoms with van der Waals surface area (Å²) in [6, 6.07) is 0. The van der Waals surface area contributed by atoms with Gasteiger partial charge < -0.3 is 18.9 Å². The predicted octanol–water partition coefficient (Wildman–Crippen LogP) is 22.7. The summed E-state index contributed by atoms with van der Waals surface area (Å²) in [4.78, 5) is 35.9. The Bertz CT molecular complexity index is 1350. The van der Waals surface area contributed by atoms with Crippen LogP contribution in [0.1, 0.15) is 373 Å². The molecule has 0 aliphatic heterocycles. The molecule has 0 fully saturated rings. The fraction of sp³-hybridized carbons (Fsp3) is 0.943. The van der Waals surface area contributed by atoms with E-state index in [2.05, 4.69) is 26.0 Å². The summed E-state index contributed by atoms with van der Waals surface area (Å²) in [6.07, 6.45) is 76.1. The van der Waals surface area contributed by atoms with Gasteiger partial charge in [-0.1, -0.05) is 334 Å². The number of phosphoric acid groups is 1. The van der Waals surface area contributed by atoms with Crippen LogP contribution in [0.25, 0.3) is 0 Å². The molecule has 0 spiro atoms. The molecule has 2 unspecified atom stereocenters. The zero-order valence-electron chi connectivity index (χ0n) is 54.4. The lowest BCUT2D eigenvalue weighted by atomic mass is 10.0. The molecule has 2 atom stereocenters. The molecule has 0 saturated carbocycles. The Balaban J connectivity index is 3.98. The number of hydrogen-bond acceptors (Lipinski definition) is 7. The van der Waals surface area contributed by atoms with Crippen LogP contribution < -0.4 is 0 Å². The first kappa shape index (κ1) is 78.8. The molecule has 1 N–H and O–H groups in total. The smallest absolute Gasteiger partial charge is 0.462 e. The number of likely N-dealkylation sites (N-methyl/N-ethyl adjacent to an activating group) is 1. The fourth-order valence-electron chi connectivity index (χ4n) is 10.8. The minimum Gasteiger partial charge on any atom is -0.462 e. The molecule has 0 aromatic rings. The maximum atomic E-state index is 12.9. The zero-order valence-corrected chi connectivity index (χ0v) is 55.3. The summed E-state index contributed by atoms with van der Waals surface area (Å²) in [5.41, 5.74) is 0. The summed E-state index contributed by atoms with van der Waals surface area (Å²) in [6.45, 7) is 4.52. The third-order valence-corrected chi connectivity index (χ3v) is 17.3. The summed E-state index contributed by atoms with van der Waals surface area (Å²) >= 11 is 0. The maximum absolute atomic E-state index is 12.9. The van der Waals surface area contributed by atoms with Crippen molar-refractivity contribution in [3.05, 3.63) is 12.2 Å². The van der Waals surface area contributed by atoms with Crippen molar-refractivity contribution in [3.63, 3.8) is 0 Å². The molecule has 0 radical (unpaired) electrons. The van der Waals surface area contributed by atoms with Gasteiger partial charge in [0.2, 0.25) is 0 Å². The molecule has 0 aliphatic rings. The van der Waals surface area contributed by atoms with E-state index in [0.29, 0.717) is 23.9 Å². The lowest BCUT2D eigenvalue weighted by molar-refractivity contribution is -0.870. The molecule has 0 aromatic carbocycles. The highest BCUT2D eigenvalue weighted by molar-refractivity contribution is 7.47. The topological polar surface area (TPSA) is 108 Å². The molecule has 10 heteroatoms. The zero-order chi connectivity index (χ0) is 58.4. The average molecular weight is 1150 g/mol. The normalized spacial score (nSPS) is 13.1. The van der Waals surface area contributed by atoms with Gasteiger partial charge in [-0.25, -0.2) is 4.57 Å². The van der Waals surface area contributed by atoms with Gasteiger partial charge in [0.1, 0.15) is 19.8 Å². The number of allylic oxidation sites excluding steroid dienone is 2. The van der Waals surface area contributed by atoms with Crippen molar-refractivity contribution in [2.24, 2.45) is 0 Å². The van der Waals surface area contributed by atoms with E-state index < -0.39 is 26.5 Å². The van der Waals surface area contributed by atoms with Crippen LogP contribution in [0.15, 0.2) is 12.2 Å². The standard InChI is InChI=1S/C70H138NO8P/c1-6-8-10-12-14-16-18-20-22-24-26-28-30-32-34-35-37-38-40-42-44-46-48-50-52-54-56-58-60-62-69(72)76-66-68(67-78-80(74,75)77-65-64-71(3,4)5)79-70(73)63-61-59-57-55-53-51-49-47-45-43-41-39-36-33-31-29-27-25-23-21-19-17-15-13-11-9-7-2/h25,27,68H,6-24,26,28-67H2,1-5H3/p+1/b27-25-. The fourth-order valence-corrected chi connectivity index (χ4v) is 11.6. The second-order valence-electron chi connectivity index (χ2n) is 25.6. The quantitative estimate of drug-likeness (QED) is 0.0211. The molecule has 0 aromatic heterocycles. The molecule has 476 valence electrons. The van der Waals surface area contributed by atoms with Crippen molar-refractivity contribution in [2.75, 3.05) is 47.5 Å². The van der Waals surface area contributed by atoms with Gasteiger partial charge in [-0.15, -0.1) is 0 Å². The SMILES string of the molecule is CCCCCCCCCC/C=C\CCCCCCCCCCCCCCCCCC(=O)OC(COC(=O)CCCCCCCCCCCCCCCCCCCCCCCCCCCCCCC)COP(=O)(O)OCC[N+](C)(C)C. The molecule has 0 amide bonds. The second-order valence-corrected chi connectivity index (χ2v) is 27.1.